The smallest absolute Gasteiger partial charge is 0.273 e. The van der Waals surface area contributed by atoms with Gasteiger partial charge < -0.3 is 0 Å². The standard InChI is InChI=1S/C55H86F4O/c1-5-9-11-13-15-17-19-21-23-25-43-27-31-45(32-28-43)47-35-37-49(51(41-47)54(56,57)39-7-3)53(60)50-38-36-48(42-52(50)55(58,59)40-8-4)46-33-29-44(30-34-46)26-24-22-20-18-16-14-12-10-6-2/h35-38,41-46H,5-34,39-40H2,1-4H3. The first-order valence-electron chi connectivity index (χ1n) is 25.6. The van der Waals surface area contributed by atoms with Crippen molar-refractivity contribution in [2.75, 3.05) is 0 Å². The van der Waals surface area contributed by atoms with E-state index in [1.165, 1.54) is 141 Å². The highest BCUT2D eigenvalue weighted by Crippen LogP contribution is 2.45. The number of rotatable bonds is 30. The zero-order valence-corrected chi connectivity index (χ0v) is 38.8. The minimum absolute atomic E-state index is 0.130. The number of hydrogen-bond donors (Lipinski definition) is 0. The van der Waals surface area contributed by atoms with Crippen LogP contribution in [-0.2, 0) is 11.8 Å². The zero-order valence-electron chi connectivity index (χ0n) is 38.8. The molecule has 0 aromatic heterocycles. The first-order valence-corrected chi connectivity index (χ1v) is 25.6. The van der Waals surface area contributed by atoms with Crippen molar-refractivity contribution in [2.45, 2.75) is 257 Å². The van der Waals surface area contributed by atoms with E-state index in [-0.39, 0.29) is 59.8 Å². The lowest BCUT2D eigenvalue weighted by molar-refractivity contribution is -0.0152. The average Bonchev–Trinajstić information content (AvgIpc) is 3.25. The summed E-state index contributed by atoms with van der Waals surface area (Å²) < 4.78 is 64.3. The monoisotopic (exact) mass is 839 g/mol. The number of ketones is 1. The molecule has 0 radical (unpaired) electrons. The Morgan fingerprint density at radius 1 is 0.450 bits per heavy atom. The summed E-state index contributed by atoms with van der Waals surface area (Å²) in [4.78, 5) is 14.4. The minimum atomic E-state index is -3.23. The fraction of sp³-hybridized carbons (Fsp3) is 0.764. The van der Waals surface area contributed by atoms with Gasteiger partial charge in [-0.25, -0.2) is 17.6 Å². The second-order valence-electron chi connectivity index (χ2n) is 19.5. The van der Waals surface area contributed by atoms with Gasteiger partial charge in [0.25, 0.3) is 11.8 Å². The Hall–Kier alpha value is -2.17. The van der Waals surface area contributed by atoms with Crippen LogP contribution in [0, 0.1) is 11.8 Å². The molecule has 1 nitrogen and oxygen atoms in total. The van der Waals surface area contributed by atoms with Gasteiger partial charge in [-0.05, 0) is 98.3 Å². The predicted octanol–water partition coefficient (Wildman–Crippen LogP) is 19.1. The lowest BCUT2D eigenvalue weighted by Crippen LogP contribution is -2.23. The van der Waals surface area contributed by atoms with Crippen LogP contribution in [0.1, 0.15) is 283 Å². The molecular weight excluding hydrogens is 753 g/mol. The second kappa shape index (κ2) is 27.1. The second-order valence-corrected chi connectivity index (χ2v) is 19.5. The van der Waals surface area contributed by atoms with Crippen molar-refractivity contribution in [1.82, 2.24) is 0 Å². The molecule has 2 aromatic rings. The van der Waals surface area contributed by atoms with Crippen molar-refractivity contribution in [3.63, 3.8) is 0 Å². The molecule has 2 fully saturated rings. The van der Waals surface area contributed by atoms with Crippen LogP contribution in [0.25, 0.3) is 0 Å². The molecule has 0 N–H and O–H groups in total. The molecule has 5 heteroatoms. The molecule has 0 saturated heterocycles. The van der Waals surface area contributed by atoms with Crippen LogP contribution in [0.2, 0.25) is 0 Å². The van der Waals surface area contributed by atoms with Crippen molar-refractivity contribution in [2.24, 2.45) is 11.8 Å². The van der Waals surface area contributed by atoms with Gasteiger partial charge in [0.1, 0.15) is 0 Å². The Morgan fingerprint density at radius 2 is 0.767 bits per heavy atom. The molecular formula is C55H86F4O. The first kappa shape index (κ1) is 50.5. The molecule has 2 aromatic carbocycles. The van der Waals surface area contributed by atoms with Crippen molar-refractivity contribution in [3.05, 3.63) is 69.8 Å². The van der Waals surface area contributed by atoms with Crippen molar-refractivity contribution in [1.29, 1.82) is 0 Å². The zero-order chi connectivity index (χ0) is 43.2. The van der Waals surface area contributed by atoms with Crippen LogP contribution in [0.3, 0.4) is 0 Å². The quantitative estimate of drug-likeness (QED) is 0.0435. The van der Waals surface area contributed by atoms with Crippen LogP contribution in [0.4, 0.5) is 17.6 Å². The molecule has 60 heavy (non-hydrogen) atoms. The van der Waals surface area contributed by atoms with Gasteiger partial charge in [0.05, 0.1) is 0 Å². The largest absolute Gasteiger partial charge is 0.289 e. The Bertz CT molecular complexity index is 1370. The highest BCUT2D eigenvalue weighted by atomic mass is 19.3. The van der Waals surface area contributed by atoms with E-state index >= 15 is 17.6 Å². The molecule has 2 aliphatic carbocycles. The number of alkyl halides is 4. The summed E-state index contributed by atoms with van der Waals surface area (Å²) in [5, 5.41) is 0. The van der Waals surface area contributed by atoms with Gasteiger partial charge in [-0.15, -0.1) is 0 Å². The number of hydrogen-bond acceptors (Lipinski definition) is 1. The molecule has 0 spiro atoms. The van der Waals surface area contributed by atoms with Gasteiger partial charge in [-0.1, -0.05) is 193 Å². The van der Waals surface area contributed by atoms with E-state index in [0.29, 0.717) is 11.8 Å². The summed E-state index contributed by atoms with van der Waals surface area (Å²) in [5.41, 5.74) is 0.882. The van der Waals surface area contributed by atoms with Gasteiger partial charge in [0.2, 0.25) is 0 Å². The number of benzene rings is 2. The molecule has 0 aliphatic heterocycles. The number of unbranched alkanes of at least 4 members (excludes halogenated alkanes) is 16. The molecule has 340 valence electrons. The van der Waals surface area contributed by atoms with Gasteiger partial charge in [0, 0.05) is 35.1 Å². The summed E-state index contributed by atoms with van der Waals surface area (Å²) in [5.74, 6) is -5.44. The van der Waals surface area contributed by atoms with E-state index in [4.69, 9.17) is 0 Å². The Balaban J connectivity index is 1.41. The highest BCUT2D eigenvalue weighted by Gasteiger charge is 2.40. The minimum Gasteiger partial charge on any atom is -0.289 e. The highest BCUT2D eigenvalue weighted by molar-refractivity contribution is 6.11. The van der Waals surface area contributed by atoms with Crippen LogP contribution < -0.4 is 0 Å². The fourth-order valence-corrected chi connectivity index (χ4v) is 10.7. The maximum atomic E-state index is 16.1. The summed E-state index contributed by atoms with van der Waals surface area (Å²) >= 11 is 0. The normalized spacial score (nSPS) is 20.1. The topological polar surface area (TPSA) is 17.1 Å². The molecule has 0 atom stereocenters. The molecule has 0 amide bonds. The van der Waals surface area contributed by atoms with Crippen LogP contribution in [-0.4, -0.2) is 5.78 Å². The molecule has 0 bridgehead atoms. The summed E-state index contributed by atoms with van der Waals surface area (Å²) in [6.45, 7) is 7.96. The van der Waals surface area contributed by atoms with E-state index in [9.17, 15) is 4.79 Å². The first-order chi connectivity index (χ1) is 29.0. The molecule has 2 aliphatic rings. The van der Waals surface area contributed by atoms with E-state index in [1.807, 2.05) is 12.1 Å². The lowest BCUT2D eigenvalue weighted by atomic mass is 9.75. The average molecular weight is 839 g/mol. The number of halogens is 4. The molecule has 4 rings (SSSR count). The predicted molar refractivity (Wildman–Crippen MR) is 247 cm³/mol. The van der Waals surface area contributed by atoms with Crippen LogP contribution in [0.15, 0.2) is 36.4 Å². The maximum absolute atomic E-state index is 16.1. The summed E-state index contributed by atoms with van der Waals surface area (Å²) in [6, 6.07) is 9.90. The Kier molecular flexibility index (Phi) is 22.8. The van der Waals surface area contributed by atoms with Crippen molar-refractivity contribution >= 4 is 5.78 Å². The van der Waals surface area contributed by atoms with E-state index < -0.39 is 17.6 Å². The molecule has 0 unspecified atom stereocenters. The van der Waals surface area contributed by atoms with Crippen molar-refractivity contribution < 1.29 is 22.4 Å². The van der Waals surface area contributed by atoms with E-state index in [2.05, 4.69) is 13.8 Å². The van der Waals surface area contributed by atoms with Crippen LogP contribution >= 0.6 is 0 Å². The van der Waals surface area contributed by atoms with Crippen molar-refractivity contribution in [3.8, 4) is 0 Å². The third kappa shape index (κ3) is 16.2. The summed E-state index contributed by atoms with van der Waals surface area (Å²) in [7, 11) is 0. The van der Waals surface area contributed by atoms with Gasteiger partial charge in [-0.2, -0.15) is 0 Å². The molecule has 0 heterocycles. The summed E-state index contributed by atoms with van der Waals surface area (Å²) in [6.07, 6.45) is 34.4. The lowest BCUT2D eigenvalue weighted by Gasteiger charge is -2.30. The van der Waals surface area contributed by atoms with Gasteiger partial charge >= 0.3 is 0 Å². The number of carbonyl (C=O) groups excluding carboxylic acids is 1. The van der Waals surface area contributed by atoms with Gasteiger partial charge in [-0.3, -0.25) is 4.79 Å². The fourth-order valence-electron chi connectivity index (χ4n) is 10.7. The third-order valence-corrected chi connectivity index (χ3v) is 14.6. The Labute approximate surface area is 365 Å². The van der Waals surface area contributed by atoms with E-state index in [1.54, 1.807) is 26.0 Å². The Morgan fingerprint density at radius 3 is 1.08 bits per heavy atom. The number of carbonyl (C=O) groups is 1. The van der Waals surface area contributed by atoms with E-state index in [0.717, 1.165) is 62.5 Å². The third-order valence-electron chi connectivity index (χ3n) is 14.6. The SMILES string of the molecule is CCCCCCCCCCCC1CCC(c2ccc(C(=O)c3ccc(C4CCC(CCCCCCCCCCC)CC4)cc3C(F)(F)CCC)c(C(F)(F)CCC)c2)CC1. The molecule has 2 saturated carbocycles. The maximum Gasteiger partial charge on any atom is 0.273 e. The van der Waals surface area contributed by atoms with Crippen LogP contribution in [0.5, 0.6) is 0 Å². The van der Waals surface area contributed by atoms with Gasteiger partial charge in [0.15, 0.2) is 5.78 Å².